The molecule has 2 aromatic carbocycles. The molecule has 0 saturated heterocycles. The summed E-state index contributed by atoms with van der Waals surface area (Å²) in [6, 6.07) is 13.8. The molecule has 0 bridgehead atoms. The number of carbonyl (C=O) groups is 1. The van der Waals surface area contributed by atoms with Crippen molar-refractivity contribution in [3.63, 3.8) is 0 Å². The van der Waals surface area contributed by atoms with Gasteiger partial charge >= 0.3 is 0 Å². The number of ether oxygens (including phenoxy) is 1. The van der Waals surface area contributed by atoms with Gasteiger partial charge in [0.15, 0.2) is 5.78 Å². The fourth-order valence-electron chi connectivity index (χ4n) is 3.08. The van der Waals surface area contributed by atoms with Crippen LogP contribution in [-0.4, -0.2) is 18.9 Å². The number of aryl methyl sites for hydroxylation is 1. The zero-order chi connectivity index (χ0) is 17.1. The Morgan fingerprint density at radius 2 is 1.88 bits per heavy atom. The van der Waals surface area contributed by atoms with E-state index in [4.69, 9.17) is 4.74 Å². The van der Waals surface area contributed by atoms with E-state index < -0.39 is 0 Å². The van der Waals surface area contributed by atoms with Gasteiger partial charge in [-0.25, -0.2) is 0 Å². The van der Waals surface area contributed by atoms with Crippen LogP contribution in [0.3, 0.4) is 0 Å². The first-order valence-electron chi connectivity index (χ1n) is 8.48. The maximum atomic E-state index is 12.3. The number of ketones is 1. The van der Waals surface area contributed by atoms with Crippen molar-refractivity contribution in [2.75, 3.05) is 18.0 Å². The first-order chi connectivity index (χ1) is 11.6. The number of benzene rings is 2. The van der Waals surface area contributed by atoms with Crippen molar-refractivity contribution in [3.05, 3.63) is 64.9 Å². The summed E-state index contributed by atoms with van der Waals surface area (Å²) in [5.41, 5.74) is 4.17. The first kappa shape index (κ1) is 16.3. The van der Waals surface area contributed by atoms with Crippen LogP contribution in [0.2, 0.25) is 0 Å². The van der Waals surface area contributed by atoms with E-state index in [1.807, 2.05) is 30.3 Å². The molecule has 2 aromatic rings. The van der Waals surface area contributed by atoms with Crippen molar-refractivity contribution in [3.8, 4) is 5.75 Å². The molecular formula is C21H23NO2. The van der Waals surface area contributed by atoms with Gasteiger partial charge in [0.1, 0.15) is 11.5 Å². The molecule has 1 aliphatic heterocycles. The van der Waals surface area contributed by atoms with Crippen molar-refractivity contribution in [2.24, 2.45) is 0 Å². The van der Waals surface area contributed by atoms with Gasteiger partial charge in [0, 0.05) is 18.8 Å². The summed E-state index contributed by atoms with van der Waals surface area (Å²) >= 11 is 0. The van der Waals surface area contributed by atoms with Gasteiger partial charge in [-0.3, -0.25) is 4.79 Å². The molecule has 0 radical (unpaired) electrons. The summed E-state index contributed by atoms with van der Waals surface area (Å²) in [4.78, 5) is 14.6. The normalized spacial score (nSPS) is 15.1. The van der Waals surface area contributed by atoms with E-state index in [0.29, 0.717) is 23.5 Å². The molecule has 0 unspecified atom stereocenters. The minimum Gasteiger partial charge on any atom is -0.460 e. The molecule has 124 valence electrons. The lowest BCUT2D eigenvalue weighted by Gasteiger charge is -2.22. The Morgan fingerprint density at radius 3 is 2.58 bits per heavy atom. The van der Waals surface area contributed by atoms with E-state index in [-0.39, 0.29) is 5.78 Å². The molecule has 0 aliphatic carbocycles. The van der Waals surface area contributed by atoms with Crippen LogP contribution in [-0.2, 0) is 0 Å². The third-order valence-corrected chi connectivity index (χ3v) is 4.46. The molecule has 0 fully saturated rings. The van der Waals surface area contributed by atoms with E-state index in [2.05, 4.69) is 43.9 Å². The highest BCUT2D eigenvalue weighted by Crippen LogP contribution is 2.30. The lowest BCUT2D eigenvalue weighted by atomic mass is 10.0. The van der Waals surface area contributed by atoms with Crippen molar-refractivity contribution >= 4 is 17.5 Å². The van der Waals surface area contributed by atoms with Crippen LogP contribution in [0.15, 0.2) is 48.2 Å². The van der Waals surface area contributed by atoms with Crippen molar-refractivity contribution < 1.29 is 9.53 Å². The summed E-state index contributed by atoms with van der Waals surface area (Å²) in [7, 11) is 0. The number of allylic oxidation sites excluding steroid dienone is 1. The highest BCUT2D eigenvalue weighted by molar-refractivity contribution is 6.01. The van der Waals surface area contributed by atoms with Gasteiger partial charge in [-0.15, -0.1) is 0 Å². The zero-order valence-corrected chi connectivity index (χ0v) is 14.5. The highest BCUT2D eigenvalue weighted by atomic mass is 16.5. The Labute approximate surface area is 143 Å². The Hall–Kier alpha value is -2.55. The molecule has 1 aliphatic rings. The SMILES string of the molecule is CCN(CC)c1ccc(/C=C2\CC(=O)c3ccccc3O2)c(C)c1. The number of anilines is 1. The van der Waals surface area contributed by atoms with Crippen LogP contribution in [0.1, 0.15) is 41.8 Å². The molecule has 0 aromatic heterocycles. The molecule has 3 heteroatoms. The molecule has 0 saturated carbocycles. The Bertz CT molecular complexity index is 788. The molecule has 0 atom stereocenters. The molecule has 3 rings (SSSR count). The fourth-order valence-corrected chi connectivity index (χ4v) is 3.08. The van der Waals surface area contributed by atoms with Crippen molar-refractivity contribution in [1.29, 1.82) is 0 Å². The second-order valence-electron chi connectivity index (χ2n) is 6.02. The largest absolute Gasteiger partial charge is 0.460 e. The third kappa shape index (κ3) is 3.21. The molecule has 0 N–H and O–H groups in total. The van der Waals surface area contributed by atoms with E-state index in [1.54, 1.807) is 0 Å². The van der Waals surface area contributed by atoms with E-state index in [9.17, 15) is 4.79 Å². The third-order valence-electron chi connectivity index (χ3n) is 4.46. The number of Topliss-reactive ketones (excluding diaryl/α,β-unsaturated/α-hetero) is 1. The summed E-state index contributed by atoms with van der Waals surface area (Å²) in [6.07, 6.45) is 2.30. The average molecular weight is 321 g/mol. The van der Waals surface area contributed by atoms with E-state index in [0.717, 1.165) is 18.7 Å². The van der Waals surface area contributed by atoms with Gasteiger partial charge < -0.3 is 9.64 Å². The quantitative estimate of drug-likeness (QED) is 0.806. The van der Waals surface area contributed by atoms with E-state index in [1.165, 1.54) is 11.3 Å². The number of hydrogen-bond donors (Lipinski definition) is 0. The zero-order valence-electron chi connectivity index (χ0n) is 14.5. The average Bonchev–Trinajstić information content (AvgIpc) is 2.58. The lowest BCUT2D eigenvalue weighted by molar-refractivity contribution is 0.0965. The number of rotatable bonds is 4. The highest BCUT2D eigenvalue weighted by Gasteiger charge is 2.21. The van der Waals surface area contributed by atoms with Crippen LogP contribution >= 0.6 is 0 Å². The molecular weight excluding hydrogens is 298 g/mol. The molecule has 0 amide bonds. The Balaban J connectivity index is 1.88. The number of hydrogen-bond acceptors (Lipinski definition) is 3. The van der Waals surface area contributed by atoms with Gasteiger partial charge in [-0.1, -0.05) is 18.2 Å². The Morgan fingerprint density at radius 1 is 1.12 bits per heavy atom. The van der Waals surface area contributed by atoms with Crippen molar-refractivity contribution in [1.82, 2.24) is 0 Å². The summed E-state index contributed by atoms with van der Waals surface area (Å²) < 4.78 is 5.91. The van der Waals surface area contributed by atoms with E-state index >= 15 is 0 Å². The van der Waals surface area contributed by atoms with Gasteiger partial charge in [0.25, 0.3) is 0 Å². The van der Waals surface area contributed by atoms with Crippen LogP contribution in [0.25, 0.3) is 6.08 Å². The standard InChI is InChI=1S/C21H23NO2/c1-4-22(5-2)17-11-10-16(15(3)12-17)13-18-14-20(23)19-8-6-7-9-21(19)24-18/h6-13H,4-5,14H2,1-3H3/b18-13+. The minimum atomic E-state index is 0.112. The lowest BCUT2D eigenvalue weighted by Crippen LogP contribution is -2.21. The van der Waals surface area contributed by atoms with Crippen LogP contribution < -0.4 is 9.64 Å². The monoisotopic (exact) mass is 321 g/mol. The molecule has 24 heavy (non-hydrogen) atoms. The van der Waals surface area contributed by atoms with Crippen LogP contribution in [0, 0.1) is 6.92 Å². The maximum absolute atomic E-state index is 12.3. The van der Waals surface area contributed by atoms with Crippen LogP contribution in [0.4, 0.5) is 5.69 Å². The van der Waals surface area contributed by atoms with Gasteiger partial charge in [0.2, 0.25) is 0 Å². The summed E-state index contributed by atoms with van der Waals surface area (Å²) in [5.74, 6) is 1.47. The number of nitrogens with zero attached hydrogens (tertiary/aromatic N) is 1. The topological polar surface area (TPSA) is 29.5 Å². The minimum absolute atomic E-state index is 0.112. The van der Waals surface area contributed by atoms with Gasteiger partial charge in [0.05, 0.1) is 12.0 Å². The predicted octanol–water partition coefficient (Wildman–Crippen LogP) is 4.85. The predicted molar refractivity (Wildman–Crippen MR) is 98.7 cm³/mol. The summed E-state index contributed by atoms with van der Waals surface area (Å²) in [6.45, 7) is 8.40. The fraction of sp³-hybridized carbons (Fsp3) is 0.286. The summed E-state index contributed by atoms with van der Waals surface area (Å²) in [5, 5.41) is 0. The van der Waals surface area contributed by atoms with Crippen LogP contribution in [0.5, 0.6) is 5.75 Å². The van der Waals surface area contributed by atoms with Gasteiger partial charge in [-0.2, -0.15) is 0 Å². The Kier molecular flexibility index (Phi) is 4.70. The van der Waals surface area contributed by atoms with Gasteiger partial charge in [-0.05, 0) is 62.2 Å². The molecule has 3 nitrogen and oxygen atoms in total. The second kappa shape index (κ2) is 6.91. The van der Waals surface area contributed by atoms with Crippen molar-refractivity contribution in [2.45, 2.75) is 27.2 Å². The number of fused-ring (bicyclic) bond motifs is 1. The maximum Gasteiger partial charge on any atom is 0.174 e. The number of carbonyl (C=O) groups excluding carboxylic acids is 1. The molecule has 0 spiro atoms. The first-order valence-corrected chi connectivity index (χ1v) is 8.48. The molecule has 1 heterocycles. The number of para-hydroxylation sites is 1. The smallest absolute Gasteiger partial charge is 0.174 e. The second-order valence-corrected chi connectivity index (χ2v) is 6.02.